The summed E-state index contributed by atoms with van der Waals surface area (Å²) in [7, 11) is 0. The van der Waals surface area contributed by atoms with E-state index in [-0.39, 0.29) is 5.56 Å². The van der Waals surface area contributed by atoms with Crippen LogP contribution in [0.25, 0.3) is 0 Å². The maximum atomic E-state index is 12.4. The average molecular weight is 227 g/mol. The molecule has 0 fully saturated rings. The molecule has 16 heavy (non-hydrogen) atoms. The summed E-state index contributed by atoms with van der Waals surface area (Å²) >= 11 is 0. The SMILES string of the molecule is Cc1ccc(C(F)(F)F)cc1C#CC(N)=O. The zero-order valence-corrected chi connectivity index (χ0v) is 8.35. The predicted molar refractivity (Wildman–Crippen MR) is 52.3 cm³/mol. The van der Waals surface area contributed by atoms with E-state index in [1.807, 2.05) is 5.92 Å². The molecule has 5 heteroatoms. The van der Waals surface area contributed by atoms with E-state index >= 15 is 0 Å². The largest absolute Gasteiger partial charge is 0.416 e. The third kappa shape index (κ3) is 3.02. The molecule has 0 aliphatic rings. The summed E-state index contributed by atoms with van der Waals surface area (Å²) in [6, 6.07) is 3.16. The first kappa shape index (κ1) is 12.1. The number of nitrogens with two attached hydrogens (primary N) is 1. The van der Waals surface area contributed by atoms with Gasteiger partial charge in [0.2, 0.25) is 0 Å². The Bertz CT molecular complexity index is 480. The Morgan fingerprint density at radius 3 is 2.50 bits per heavy atom. The van der Waals surface area contributed by atoms with E-state index in [0.29, 0.717) is 5.56 Å². The topological polar surface area (TPSA) is 43.1 Å². The minimum atomic E-state index is -4.42. The van der Waals surface area contributed by atoms with E-state index in [9.17, 15) is 18.0 Å². The summed E-state index contributed by atoms with van der Waals surface area (Å²) < 4.78 is 37.1. The highest BCUT2D eigenvalue weighted by atomic mass is 19.4. The highest BCUT2D eigenvalue weighted by molar-refractivity contribution is 5.92. The fourth-order valence-corrected chi connectivity index (χ4v) is 1.06. The first-order valence-corrected chi connectivity index (χ1v) is 4.30. The van der Waals surface area contributed by atoms with Gasteiger partial charge in [0.15, 0.2) is 0 Å². The van der Waals surface area contributed by atoms with Crippen LogP contribution in [0.15, 0.2) is 18.2 Å². The number of rotatable bonds is 0. The second-order valence-corrected chi connectivity index (χ2v) is 3.14. The summed E-state index contributed by atoms with van der Waals surface area (Å²) in [5, 5.41) is 0. The number of aryl methyl sites for hydroxylation is 1. The van der Waals surface area contributed by atoms with Crippen LogP contribution in [0.3, 0.4) is 0 Å². The molecule has 0 aromatic heterocycles. The van der Waals surface area contributed by atoms with Gasteiger partial charge in [0.25, 0.3) is 5.91 Å². The smallest absolute Gasteiger partial charge is 0.359 e. The Morgan fingerprint density at radius 2 is 2.00 bits per heavy atom. The van der Waals surface area contributed by atoms with Crippen molar-refractivity contribution in [2.75, 3.05) is 0 Å². The van der Waals surface area contributed by atoms with Crippen molar-refractivity contribution in [2.45, 2.75) is 13.1 Å². The fourth-order valence-electron chi connectivity index (χ4n) is 1.06. The zero-order chi connectivity index (χ0) is 12.3. The number of carbonyl (C=O) groups excluding carboxylic acids is 1. The molecule has 1 amide bonds. The highest BCUT2D eigenvalue weighted by Gasteiger charge is 2.30. The van der Waals surface area contributed by atoms with Crippen molar-refractivity contribution in [3.05, 3.63) is 34.9 Å². The molecule has 2 N–H and O–H groups in total. The van der Waals surface area contributed by atoms with Crippen LogP contribution >= 0.6 is 0 Å². The molecule has 0 aliphatic carbocycles. The van der Waals surface area contributed by atoms with Gasteiger partial charge < -0.3 is 5.73 Å². The Morgan fingerprint density at radius 1 is 1.38 bits per heavy atom. The van der Waals surface area contributed by atoms with Gasteiger partial charge >= 0.3 is 6.18 Å². The second-order valence-electron chi connectivity index (χ2n) is 3.14. The minimum absolute atomic E-state index is 0.147. The molecule has 0 saturated carbocycles. The van der Waals surface area contributed by atoms with Crippen LogP contribution in [0.4, 0.5) is 13.2 Å². The quantitative estimate of drug-likeness (QED) is 0.675. The lowest BCUT2D eigenvalue weighted by Crippen LogP contribution is -2.07. The summed E-state index contributed by atoms with van der Waals surface area (Å²) in [4.78, 5) is 10.4. The fraction of sp³-hybridized carbons (Fsp3) is 0.182. The van der Waals surface area contributed by atoms with Gasteiger partial charge in [-0.05, 0) is 30.5 Å². The number of halogens is 3. The van der Waals surface area contributed by atoms with Gasteiger partial charge in [0, 0.05) is 5.56 Å². The molecular formula is C11H8F3NO. The Kier molecular flexibility index (Phi) is 3.23. The Balaban J connectivity index is 3.21. The molecule has 1 rings (SSSR count). The van der Waals surface area contributed by atoms with E-state index in [1.165, 1.54) is 6.07 Å². The highest BCUT2D eigenvalue weighted by Crippen LogP contribution is 2.30. The molecular weight excluding hydrogens is 219 g/mol. The number of hydrogen-bond acceptors (Lipinski definition) is 1. The van der Waals surface area contributed by atoms with Crippen LogP contribution in [0.5, 0.6) is 0 Å². The molecule has 0 aliphatic heterocycles. The Hall–Kier alpha value is -1.96. The van der Waals surface area contributed by atoms with Gasteiger partial charge in [-0.2, -0.15) is 13.2 Å². The maximum Gasteiger partial charge on any atom is 0.416 e. The molecule has 0 radical (unpaired) electrons. The standard InChI is InChI=1S/C11H8F3NO/c1-7-2-4-9(11(12,13)14)6-8(7)3-5-10(15)16/h2,4,6H,1H3,(H2,15,16). The first-order chi connectivity index (χ1) is 7.30. The lowest BCUT2D eigenvalue weighted by atomic mass is 10.1. The third-order valence-corrected chi connectivity index (χ3v) is 1.89. The predicted octanol–water partition coefficient (Wildman–Crippen LogP) is 1.85. The number of benzene rings is 1. The van der Waals surface area contributed by atoms with Crippen molar-refractivity contribution in [1.82, 2.24) is 0 Å². The van der Waals surface area contributed by atoms with Crippen LogP contribution in [-0.2, 0) is 11.0 Å². The summed E-state index contributed by atoms with van der Waals surface area (Å²) in [6.45, 7) is 1.60. The number of amides is 1. The summed E-state index contributed by atoms with van der Waals surface area (Å²) in [5.41, 5.74) is 4.68. The first-order valence-electron chi connectivity index (χ1n) is 4.30. The minimum Gasteiger partial charge on any atom is -0.359 e. The van der Waals surface area contributed by atoms with Crippen LogP contribution in [0.1, 0.15) is 16.7 Å². The van der Waals surface area contributed by atoms with Crippen molar-refractivity contribution in [3.8, 4) is 11.8 Å². The Labute approximate surface area is 90.3 Å². The van der Waals surface area contributed by atoms with Gasteiger partial charge in [0.05, 0.1) is 5.56 Å². The number of carbonyl (C=O) groups is 1. The number of hydrogen-bond donors (Lipinski definition) is 1. The number of primary amides is 1. The van der Waals surface area contributed by atoms with Gasteiger partial charge in [0.1, 0.15) is 0 Å². The molecule has 1 aromatic carbocycles. The van der Waals surface area contributed by atoms with Crippen molar-refractivity contribution in [1.29, 1.82) is 0 Å². The number of alkyl halides is 3. The van der Waals surface area contributed by atoms with Crippen LogP contribution in [0.2, 0.25) is 0 Å². The van der Waals surface area contributed by atoms with Crippen LogP contribution in [0, 0.1) is 18.8 Å². The van der Waals surface area contributed by atoms with Gasteiger partial charge in [-0.25, -0.2) is 0 Å². The molecule has 0 bridgehead atoms. The van der Waals surface area contributed by atoms with Gasteiger partial charge in [-0.15, -0.1) is 0 Å². The van der Waals surface area contributed by atoms with Gasteiger partial charge in [-0.1, -0.05) is 12.0 Å². The molecule has 1 aromatic rings. The molecule has 2 nitrogen and oxygen atoms in total. The summed E-state index contributed by atoms with van der Waals surface area (Å²) in [6.07, 6.45) is -4.42. The van der Waals surface area contributed by atoms with E-state index in [0.717, 1.165) is 12.1 Å². The van der Waals surface area contributed by atoms with E-state index in [4.69, 9.17) is 5.73 Å². The van der Waals surface area contributed by atoms with E-state index < -0.39 is 17.6 Å². The van der Waals surface area contributed by atoms with Crippen LogP contribution in [-0.4, -0.2) is 5.91 Å². The normalized spacial score (nSPS) is 10.5. The molecule has 0 unspecified atom stereocenters. The monoisotopic (exact) mass is 227 g/mol. The van der Waals surface area contributed by atoms with Crippen molar-refractivity contribution >= 4 is 5.91 Å². The lowest BCUT2D eigenvalue weighted by Gasteiger charge is -2.07. The molecule has 0 spiro atoms. The van der Waals surface area contributed by atoms with E-state index in [2.05, 4.69) is 5.92 Å². The molecule has 84 valence electrons. The average Bonchev–Trinajstić information content (AvgIpc) is 2.14. The molecule has 0 heterocycles. The summed E-state index contributed by atoms with van der Waals surface area (Å²) in [5.74, 6) is 3.43. The molecule has 0 atom stereocenters. The van der Waals surface area contributed by atoms with Gasteiger partial charge in [-0.3, -0.25) is 4.79 Å². The van der Waals surface area contributed by atoms with Crippen molar-refractivity contribution < 1.29 is 18.0 Å². The van der Waals surface area contributed by atoms with Crippen LogP contribution < -0.4 is 5.73 Å². The zero-order valence-electron chi connectivity index (χ0n) is 8.35. The van der Waals surface area contributed by atoms with Crippen molar-refractivity contribution in [3.63, 3.8) is 0 Å². The van der Waals surface area contributed by atoms with E-state index in [1.54, 1.807) is 6.92 Å². The molecule has 0 saturated heterocycles. The second kappa shape index (κ2) is 4.27. The van der Waals surface area contributed by atoms with Crippen molar-refractivity contribution in [2.24, 2.45) is 5.73 Å². The lowest BCUT2D eigenvalue weighted by molar-refractivity contribution is -0.137. The third-order valence-electron chi connectivity index (χ3n) is 1.89. The maximum absolute atomic E-state index is 12.4.